The molecule has 0 aromatic heterocycles. The summed E-state index contributed by atoms with van der Waals surface area (Å²) in [5, 5.41) is 11.0. The molecule has 0 saturated heterocycles. The van der Waals surface area contributed by atoms with Crippen LogP contribution in [0.4, 0.5) is 23.2 Å². The SMILES string of the molecule is CC(C)(CC(O)(CN1CCOc2ccccc21)C(F)(F)F)c1cc(F)cc2c1OCC2. The molecule has 8 heteroatoms. The van der Waals surface area contributed by atoms with Gasteiger partial charge < -0.3 is 19.5 Å². The lowest BCUT2D eigenvalue weighted by atomic mass is 9.73. The largest absolute Gasteiger partial charge is 0.493 e. The fraction of sp³-hybridized carbons (Fsp3) is 0.478. The number of hydrogen-bond donors (Lipinski definition) is 1. The number of benzene rings is 2. The molecule has 2 aromatic carbocycles. The molecule has 0 amide bonds. The standard InChI is InChI=1S/C23H25F4NO3/c1-21(2,17-12-16(24)11-15-7-9-31-20(15)17)13-22(29,23(25,26)27)14-28-8-10-30-19-6-4-3-5-18(19)28/h3-6,11-12,29H,7-10,13-14H2,1-2H3. The van der Waals surface area contributed by atoms with Gasteiger partial charge in [-0.2, -0.15) is 13.2 Å². The van der Waals surface area contributed by atoms with E-state index in [9.17, 15) is 22.7 Å². The van der Waals surface area contributed by atoms with Crippen molar-refractivity contribution in [2.75, 3.05) is 31.2 Å². The average Bonchev–Trinajstić information content (AvgIpc) is 3.14. The number of alkyl halides is 3. The van der Waals surface area contributed by atoms with E-state index >= 15 is 0 Å². The van der Waals surface area contributed by atoms with E-state index < -0.39 is 36.0 Å². The second-order valence-corrected chi connectivity index (χ2v) is 8.87. The average molecular weight is 439 g/mol. The number of ether oxygens (including phenoxy) is 2. The Labute approximate surface area is 178 Å². The highest BCUT2D eigenvalue weighted by Crippen LogP contribution is 2.47. The Morgan fingerprint density at radius 2 is 1.81 bits per heavy atom. The number of nitrogens with zero attached hydrogens (tertiary/aromatic N) is 1. The van der Waals surface area contributed by atoms with Crippen molar-refractivity contribution in [2.45, 2.75) is 43.9 Å². The zero-order valence-electron chi connectivity index (χ0n) is 17.4. The van der Waals surface area contributed by atoms with Crippen molar-refractivity contribution in [3.63, 3.8) is 0 Å². The summed E-state index contributed by atoms with van der Waals surface area (Å²) in [6.45, 7) is 3.30. The molecule has 0 saturated carbocycles. The van der Waals surface area contributed by atoms with Crippen molar-refractivity contribution in [2.24, 2.45) is 0 Å². The highest BCUT2D eigenvalue weighted by Gasteiger charge is 2.57. The molecule has 0 radical (unpaired) electrons. The van der Waals surface area contributed by atoms with Crippen LogP contribution in [-0.4, -0.2) is 43.2 Å². The van der Waals surface area contributed by atoms with Gasteiger partial charge in [-0.3, -0.25) is 0 Å². The quantitative estimate of drug-likeness (QED) is 0.691. The molecule has 1 atom stereocenters. The van der Waals surface area contributed by atoms with Crippen LogP contribution in [0.5, 0.6) is 11.5 Å². The third-order valence-corrected chi connectivity index (χ3v) is 6.02. The number of β-amino-alcohol motifs (C(OH)–C–C–N with tert-alkyl or cyclic N) is 1. The maximum Gasteiger partial charge on any atom is 0.418 e. The van der Waals surface area contributed by atoms with Gasteiger partial charge in [-0.25, -0.2) is 4.39 Å². The molecule has 4 rings (SSSR count). The molecular formula is C23H25F4NO3. The first-order valence-corrected chi connectivity index (χ1v) is 10.2. The molecule has 2 heterocycles. The van der Waals surface area contributed by atoms with E-state index in [4.69, 9.17) is 9.47 Å². The van der Waals surface area contributed by atoms with Crippen molar-refractivity contribution >= 4 is 5.69 Å². The van der Waals surface area contributed by atoms with Crippen molar-refractivity contribution < 1.29 is 32.1 Å². The van der Waals surface area contributed by atoms with Gasteiger partial charge in [0.25, 0.3) is 0 Å². The number of anilines is 1. The Balaban J connectivity index is 1.68. The van der Waals surface area contributed by atoms with Crippen molar-refractivity contribution in [1.82, 2.24) is 0 Å². The molecule has 0 bridgehead atoms. The number of halogens is 4. The lowest BCUT2D eigenvalue weighted by Crippen LogP contribution is -2.57. The van der Waals surface area contributed by atoms with Gasteiger partial charge in [-0.15, -0.1) is 0 Å². The number of hydrogen-bond acceptors (Lipinski definition) is 4. The molecular weight excluding hydrogens is 414 g/mol. The monoisotopic (exact) mass is 439 g/mol. The molecule has 31 heavy (non-hydrogen) atoms. The molecule has 0 fully saturated rings. The van der Waals surface area contributed by atoms with E-state index in [-0.39, 0.29) is 13.2 Å². The maximum absolute atomic E-state index is 14.2. The topological polar surface area (TPSA) is 41.9 Å². The van der Waals surface area contributed by atoms with Gasteiger partial charge >= 0.3 is 6.18 Å². The first kappa shape index (κ1) is 21.7. The predicted octanol–water partition coefficient (Wildman–Crippen LogP) is 4.62. The summed E-state index contributed by atoms with van der Waals surface area (Å²) in [5.74, 6) is 0.381. The van der Waals surface area contributed by atoms with Crippen LogP contribution < -0.4 is 14.4 Å². The van der Waals surface area contributed by atoms with E-state index in [0.29, 0.717) is 41.3 Å². The van der Waals surface area contributed by atoms with Gasteiger partial charge in [0.05, 0.1) is 25.4 Å². The molecule has 2 aliphatic heterocycles. The Morgan fingerprint density at radius 3 is 2.55 bits per heavy atom. The van der Waals surface area contributed by atoms with Gasteiger partial charge in [0, 0.05) is 17.5 Å². The van der Waals surface area contributed by atoms with E-state index in [1.54, 1.807) is 38.1 Å². The van der Waals surface area contributed by atoms with Crippen molar-refractivity contribution in [3.8, 4) is 11.5 Å². The first-order chi connectivity index (χ1) is 14.5. The fourth-order valence-electron chi connectivity index (χ4n) is 4.55. The molecule has 2 aromatic rings. The van der Waals surface area contributed by atoms with Crippen molar-refractivity contribution in [1.29, 1.82) is 0 Å². The van der Waals surface area contributed by atoms with Crippen molar-refractivity contribution in [3.05, 3.63) is 53.3 Å². The Hall–Kier alpha value is -2.48. The smallest absolute Gasteiger partial charge is 0.418 e. The molecule has 0 aliphatic carbocycles. The second kappa shape index (κ2) is 7.58. The van der Waals surface area contributed by atoms with Gasteiger partial charge in [0.1, 0.15) is 23.9 Å². The van der Waals surface area contributed by atoms with Gasteiger partial charge in [0.2, 0.25) is 0 Å². The van der Waals surface area contributed by atoms with Gasteiger partial charge in [-0.1, -0.05) is 26.0 Å². The lowest BCUT2D eigenvalue weighted by Gasteiger charge is -2.42. The van der Waals surface area contributed by atoms with Crippen LogP contribution in [0.1, 0.15) is 31.4 Å². The number of rotatable bonds is 5. The zero-order valence-corrected chi connectivity index (χ0v) is 17.4. The van der Waals surface area contributed by atoms with Crippen LogP contribution in [0.25, 0.3) is 0 Å². The third-order valence-electron chi connectivity index (χ3n) is 6.02. The molecule has 1 unspecified atom stereocenters. The second-order valence-electron chi connectivity index (χ2n) is 8.87. The minimum atomic E-state index is -4.89. The summed E-state index contributed by atoms with van der Waals surface area (Å²) in [7, 11) is 0. The van der Waals surface area contributed by atoms with Crippen LogP contribution in [0, 0.1) is 5.82 Å². The summed E-state index contributed by atoms with van der Waals surface area (Å²) in [5.41, 5.74) is -2.75. The minimum absolute atomic E-state index is 0.217. The van der Waals surface area contributed by atoms with E-state index in [1.165, 1.54) is 17.0 Å². The third kappa shape index (κ3) is 4.05. The highest BCUT2D eigenvalue weighted by atomic mass is 19.4. The Morgan fingerprint density at radius 1 is 1.06 bits per heavy atom. The van der Waals surface area contributed by atoms with E-state index in [0.717, 1.165) is 0 Å². The van der Waals surface area contributed by atoms with E-state index in [2.05, 4.69) is 0 Å². The van der Waals surface area contributed by atoms with Crippen LogP contribution in [0.2, 0.25) is 0 Å². The summed E-state index contributed by atoms with van der Waals surface area (Å²) in [6.07, 6.45) is -5.04. The maximum atomic E-state index is 14.2. The van der Waals surface area contributed by atoms with Gasteiger partial charge in [-0.05, 0) is 36.1 Å². The zero-order chi connectivity index (χ0) is 22.4. The first-order valence-electron chi connectivity index (χ1n) is 10.2. The van der Waals surface area contributed by atoms with E-state index in [1.807, 2.05) is 0 Å². The van der Waals surface area contributed by atoms with Crippen LogP contribution in [-0.2, 0) is 11.8 Å². The normalized spacial score (nSPS) is 18.0. The molecule has 1 N–H and O–H groups in total. The molecule has 2 aliphatic rings. The lowest BCUT2D eigenvalue weighted by molar-refractivity contribution is -0.262. The highest BCUT2D eigenvalue weighted by molar-refractivity contribution is 5.60. The Kier molecular flexibility index (Phi) is 5.32. The predicted molar refractivity (Wildman–Crippen MR) is 108 cm³/mol. The molecule has 168 valence electrons. The summed E-state index contributed by atoms with van der Waals surface area (Å²) < 4.78 is 68.0. The summed E-state index contributed by atoms with van der Waals surface area (Å²) in [6, 6.07) is 9.37. The molecule has 4 nitrogen and oxygen atoms in total. The van der Waals surface area contributed by atoms with Crippen LogP contribution in [0.3, 0.4) is 0 Å². The number of aliphatic hydroxyl groups is 1. The molecule has 0 spiro atoms. The minimum Gasteiger partial charge on any atom is -0.493 e. The van der Waals surface area contributed by atoms with Crippen LogP contribution in [0.15, 0.2) is 36.4 Å². The number of fused-ring (bicyclic) bond motifs is 2. The summed E-state index contributed by atoms with van der Waals surface area (Å²) in [4.78, 5) is 1.49. The van der Waals surface area contributed by atoms with Gasteiger partial charge in [0.15, 0.2) is 5.60 Å². The van der Waals surface area contributed by atoms with Crippen LogP contribution >= 0.6 is 0 Å². The number of para-hydroxylation sites is 2. The fourth-order valence-corrected chi connectivity index (χ4v) is 4.55. The summed E-state index contributed by atoms with van der Waals surface area (Å²) >= 11 is 0. The Bertz CT molecular complexity index is 976.